The normalized spacial score (nSPS) is 15.5. The molecule has 0 bridgehead atoms. The number of fused-ring (bicyclic) bond motifs is 1. The molecule has 0 atom stereocenters. The summed E-state index contributed by atoms with van der Waals surface area (Å²) in [7, 11) is 1.69. The first-order valence-electron chi connectivity index (χ1n) is 8.81. The highest BCUT2D eigenvalue weighted by Gasteiger charge is 2.15. The maximum atomic E-state index is 12.0. The number of rotatable bonds is 6. The molecule has 2 aromatic carbocycles. The van der Waals surface area contributed by atoms with E-state index in [1.807, 2.05) is 11.0 Å². The minimum Gasteiger partial charge on any atom is -0.497 e. The Morgan fingerprint density at radius 2 is 1.92 bits per heavy atom. The molecule has 0 spiro atoms. The van der Waals surface area contributed by atoms with Crippen molar-refractivity contribution in [1.82, 2.24) is 10.2 Å². The third kappa shape index (κ3) is 4.26. The fraction of sp³-hybridized carbons (Fsp3) is 0.450. The van der Waals surface area contributed by atoms with Crippen LogP contribution in [0.3, 0.4) is 0 Å². The molecule has 1 N–H and O–H groups in total. The van der Waals surface area contributed by atoms with Gasteiger partial charge in [-0.1, -0.05) is 24.6 Å². The Bertz CT molecular complexity index is 699. The Morgan fingerprint density at radius 3 is 2.79 bits per heavy atom. The Kier molecular flexibility index (Phi) is 5.70. The summed E-state index contributed by atoms with van der Waals surface area (Å²) in [5.74, 6) is 1.20. The van der Waals surface area contributed by atoms with Gasteiger partial charge in [-0.05, 0) is 47.4 Å². The van der Waals surface area contributed by atoms with E-state index in [0.717, 1.165) is 44.8 Å². The van der Waals surface area contributed by atoms with E-state index in [-0.39, 0.29) is 0 Å². The number of amides is 1. The van der Waals surface area contributed by atoms with Crippen LogP contribution in [-0.4, -0.2) is 37.6 Å². The first-order valence-corrected chi connectivity index (χ1v) is 8.81. The zero-order valence-corrected chi connectivity index (χ0v) is 14.4. The number of nitrogens with zero attached hydrogens (tertiary/aromatic N) is 1. The summed E-state index contributed by atoms with van der Waals surface area (Å²) in [6.45, 7) is 3.39. The summed E-state index contributed by atoms with van der Waals surface area (Å²) in [4.78, 5) is 14.0. The van der Waals surface area contributed by atoms with Gasteiger partial charge in [-0.3, -0.25) is 4.79 Å². The Balaban J connectivity index is 1.51. The molecule has 0 saturated carbocycles. The standard InChI is InChI=1S/C20H26N2O2/c1-24-19-9-8-17-13-16(6-7-18(17)14-19)15-21-10-12-22-11-4-2-3-5-20(22)23/h6-9,13-14,21H,2-5,10-12,15H2,1H3. The smallest absolute Gasteiger partial charge is 0.222 e. The number of nitrogens with one attached hydrogen (secondary N) is 1. The van der Waals surface area contributed by atoms with E-state index >= 15 is 0 Å². The van der Waals surface area contributed by atoms with Crippen molar-refractivity contribution in [3.05, 3.63) is 42.0 Å². The van der Waals surface area contributed by atoms with Crippen LogP contribution in [0, 0.1) is 0 Å². The van der Waals surface area contributed by atoms with E-state index in [2.05, 4.69) is 35.6 Å². The van der Waals surface area contributed by atoms with E-state index in [9.17, 15) is 4.79 Å². The Hall–Kier alpha value is -2.07. The number of methoxy groups -OCH3 is 1. The van der Waals surface area contributed by atoms with Crippen molar-refractivity contribution in [2.75, 3.05) is 26.7 Å². The van der Waals surface area contributed by atoms with Crippen molar-refractivity contribution in [1.29, 1.82) is 0 Å². The van der Waals surface area contributed by atoms with Crippen LogP contribution in [0.4, 0.5) is 0 Å². The number of carbonyl (C=O) groups is 1. The predicted octanol–water partition coefficient (Wildman–Crippen LogP) is 3.34. The average molecular weight is 326 g/mol. The molecule has 1 heterocycles. The molecule has 24 heavy (non-hydrogen) atoms. The van der Waals surface area contributed by atoms with Gasteiger partial charge in [-0.15, -0.1) is 0 Å². The van der Waals surface area contributed by atoms with Gasteiger partial charge in [0.2, 0.25) is 5.91 Å². The van der Waals surface area contributed by atoms with E-state index in [1.165, 1.54) is 22.8 Å². The monoisotopic (exact) mass is 326 g/mol. The van der Waals surface area contributed by atoms with Crippen molar-refractivity contribution in [3.8, 4) is 5.75 Å². The minimum atomic E-state index is 0.314. The van der Waals surface area contributed by atoms with Crippen LogP contribution in [-0.2, 0) is 11.3 Å². The van der Waals surface area contributed by atoms with Crippen molar-refractivity contribution < 1.29 is 9.53 Å². The molecule has 128 valence electrons. The van der Waals surface area contributed by atoms with Crippen molar-refractivity contribution in [3.63, 3.8) is 0 Å². The van der Waals surface area contributed by atoms with E-state index in [1.54, 1.807) is 7.11 Å². The molecule has 1 fully saturated rings. The van der Waals surface area contributed by atoms with Gasteiger partial charge in [0.1, 0.15) is 5.75 Å². The van der Waals surface area contributed by atoms with Gasteiger partial charge < -0.3 is 15.0 Å². The molecule has 2 aromatic rings. The number of likely N-dealkylation sites (tertiary alicyclic amines) is 1. The second-order valence-corrected chi connectivity index (χ2v) is 6.42. The lowest BCUT2D eigenvalue weighted by molar-refractivity contribution is -0.130. The molecule has 3 rings (SSSR count). The number of carbonyl (C=O) groups excluding carboxylic acids is 1. The maximum Gasteiger partial charge on any atom is 0.222 e. The van der Waals surface area contributed by atoms with Gasteiger partial charge in [0.15, 0.2) is 0 Å². The Morgan fingerprint density at radius 1 is 1.08 bits per heavy atom. The number of hydrogen-bond donors (Lipinski definition) is 1. The zero-order valence-electron chi connectivity index (χ0n) is 14.4. The lowest BCUT2D eigenvalue weighted by atomic mass is 10.1. The summed E-state index contributed by atoms with van der Waals surface area (Å²) in [6, 6.07) is 12.6. The molecule has 4 nitrogen and oxygen atoms in total. The highest BCUT2D eigenvalue weighted by molar-refractivity contribution is 5.84. The van der Waals surface area contributed by atoms with Crippen LogP contribution in [0.1, 0.15) is 31.2 Å². The number of hydrogen-bond acceptors (Lipinski definition) is 3. The quantitative estimate of drug-likeness (QED) is 0.828. The molecular weight excluding hydrogens is 300 g/mol. The lowest BCUT2D eigenvalue weighted by Crippen LogP contribution is -2.36. The zero-order chi connectivity index (χ0) is 16.8. The summed E-state index contributed by atoms with van der Waals surface area (Å²) < 4.78 is 5.26. The summed E-state index contributed by atoms with van der Waals surface area (Å²) in [5.41, 5.74) is 1.26. The van der Waals surface area contributed by atoms with Gasteiger partial charge in [-0.2, -0.15) is 0 Å². The molecule has 1 aliphatic rings. The van der Waals surface area contributed by atoms with Crippen LogP contribution in [0.15, 0.2) is 36.4 Å². The molecule has 1 aliphatic heterocycles. The van der Waals surface area contributed by atoms with Crippen LogP contribution >= 0.6 is 0 Å². The highest BCUT2D eigenvalue weighted by atomic mass is 16.5. The van der Waals surface area contributed by atoms with Gasteiger partial charge in [0.05, 0.1) is 7.11 Å². The van der Waals surface area contributed by atoms with E-state index < -0.39 is 0 Å². The third-order valence-electron chi connectivity index (χ3n) is 4.67. The second-order valence-electron chi connectivity index (χ2n) is 6.42. The number of benzene rings is 2. The van der Waals surface area contributed by atoms with Crippen LogP contribution < -0.4 is 10.1 Å². The molecule has 1 amide bonds. The first kappa shape index (κ1) is 16.8. The van der Waals surface area contributed by atoms with Crippen LogP contribution in [0.5, 0.6) is 5.75 Å². The molecule has 0 unspecified atom stereocenters. The molecule has 1 saturated heterocycles. The summed E-state index contributed by atoms with van der Waals surface area (Å²) in [6.07, 6.45) is 4.08. The second kappa shape index (κ2) is 8.15. The molecule has 4 heteroatoms. The van der Waals surface area contributed by atoms with E-state index in [4.69, 9.17) is 4.74 Å². The van der Waals surface area contributed by atoms with Gasteiger partial charge in [-0.25, -0.2) is 0 Å². The van der Waals surface area contributed by atoms with Crippen molar-refractivity contribution in [2.24, 2.45) is 0 Å². The van der Waals surface area contributed by atoms with Gasteiger partial charge in [0.25, 0.3) is 0 Å². The maximum absolute atomic E-state index is 12.0. The third-order valence-corrected chi connectivity index (χ3v) is 4.67. The SMILES string of the molecule is COc1ccc2cc(CNCCN3CCCCCC3=O)ccc2c1. The highest BCUT2D eigenvalue weighted by Crippen LogP contribution is 2.21. The fourth-order valence-corrected chi connectivity index (χ4v) is 3.23. The molecular formula is C20H26N2O2. The van der Waals surface area contributed by atoms with Crippen molar-refractivity contribution in [2.45, 2.75) is 32.2 Å². The van der Waals surface area contributed by atoms with Crippen LogP contribution in [0.2, 0.25) is 0 Å². The largest absolute Gasteiger partial charge is 0.497 e. The fourth-order valence-electron chi connectivity index (χ4n) is 3.23. The lowest BCUT2D eigenvalue weighted by Gasteiger charge is -2.20. The average Bonchev–Trinajstić information content (AvgIpc) is 2.82. The number of ether oxygens (including phenoxy) is 1. The Labute approximate surface area is 143 Å². The van der Waals surface area contributed by atoms with Gasteiger partial charge >= 0.3 is 0 Å². The summed E-state index contributed by atoms with van der Waals surface area (Å²) in [5, 5.41) is 5.87. The van der Waals surface area contributed by atoms with Gasteiger partial charge in [0, 0.05) is 32.6 Å². The predicted molar refractivity (Wildman–Crippen MR) is 97.3 cm³/mol. The van der Waals surface area contributed by atoms with Crippen molar-refractivity contribution >= 4 is 16.7 Å². The van der Waals surface area contributed by atoms with Crippen LogP contribution in [0.25, 0.3) is 10.8 Å². The molecule has 0 radical (unpaired) electrons. The minimum absolute atomic E-state index is 0.314. The first-order chi connectivity index (χ1) is 11.8. The topological polar surface area (TPSA) is 41.6 Å². The molecule has 0 aromatic heterocycles. The summed E-state index contributed by atoms with van der Waals surface area (Å²) >= 11 is 0. The van der Waals surface area contributed by atoms with E-state index in [0.29, 0.717) is 12.3 Å². The molecule has 0 aliphatic carbocycles.